The summed E-state index contributed by atoms with van der Waals surface area (Å²) in [4.78, 5) is 19.3. The smallest absolute Gasteiger partial charge is 0.233 e. The summed E-state index contributed by atoms with van der Waals surface area (Å²) in [5.74, 6) is 0.346. The van der Waals surface area contributed by atoms with E-state index < -0.39 is 0 Å². The van der Waals surface area contributed by atoms with E-state index >= 15 is 0 Å². The molecule has 0 aliphatic carbocycles. The van der Waals surface area contributed by atoms with Crippen molar-refractivity contribution in [3.05, 3.63) is 60.7 Å². The fraction of sp³-hybridized carbons (Fsp3) is 0.304. The lowest BCUT2D eigenvalue weighted by Gasteiger charge is -2.35. The summed E-state index contributed by atoms with van der Waals surface area (Å²) in [6.07, 6.45) is 0.103. The second-order valence-corrected chi connectivity index (χ2v) is 8.31. The molecule has 0 spiro atoms. The molecule has 1 aromatic heterocycles. The van der Waals surface area contributed by atoms with Crippen molar-refractivity contribution in [3.8, 4) is 22.5 Å². The van der Waals surface area contributed by atoms with Crippen LogP contribution in [0.5, 0.6) is 0 Å². The number of nitrogens with zero attached hydrogens (tertiary/aromatic N) is 4. The Bertz CT molecular complexity index is 991. The van der Waals surface area contributed by atoms with E-state index in [2.05, 4.69) is 10.2 Å². The minimum absolute atomic E-state index is 0.0513. The lowest BCUT2D eigenvalue weighted by Crippen LogP contribution is -2.48. The molecule has 1 saturated heterocycles. The first-order valence-corrected chi connectivity index (χ1v) is 11.0. The molecule has 2 unspecified atom stereocenters. The molecule has 0 saturated carbocycles. The number of carbonyl (C=O) groups is 1. The zero-order valence-corrected chi connectivity index (χ0v) is 17.9. The van der Waals surface area contributed by atoms with E-state index in [-0.39, 0.29) is 23.9 Å². The highest BCUT2D eigenvalue weighted by Gasteiger charge is 2.26. The van der Waals surface area contributed by atoms with Crippen molar-refractivity contribution in [3.63, 3.8) is 0 Å². The predicted molar refractivity (Wildman–Crippen MR) is 118 cm³/mol. The molecule has 154 valence electrons. The Kier molecular flexibility index (Phi) is 6.40. The number of morpholine rings is 1. The van der Waals surface area contributed by atoms with Gasteiger partial charge in [0.1, 0.15) is 11.4 Å². The standard InChI is InChI=1S/C23H24N4O2S/c1-16-13-27(14-17(2)29-16)20(28)15-30-23-24-21(18-9-5-3-6-10-18)22(25-26-23)19-11-7-4-8-12-19/h3-12,16-17H,13-15H2,1-2H3. The Hall–Kier alpha value is -2.77. The third-order valence-electron chi connectivity index (χ3n) is 4.86. The molecule has 6 nitrogen and oxygen atoms in total. The number of amides is 1. The van der Waals surface area contributed by atoms with E-state index in [1.807, 2.05) is 79.4 Å². The zero-order valence-electron chi connectivity index (χ0n) is 17.1. The summed E-state index contributed by atoms with van der Waals surface area (Å²) in [6, 6.07) is 19.8. The first-order valence-electron chi connectivity index (χ1n) is 10.0. The van der Waals surface area contributed by atoms with Crippen molar-refractivity contribution in [2.24, 2.45) is 0 Å². The average molecular weight is 421 g/mol. The number of hydrogen-bond acceptors (Lipinski definition) is 6. The molecule has 7 heteroatoms. The van der Waals surface area contributed by atoms with Crippen molar-refractivity contribution in [2.75, 3.05) is 18.8 Å². The minimum atomic E-state index is 0.0513. The van der Waals surface area contributed by atoms with Crippen LogP contribution >= 0.6 is 11.8 Å². The summed E-state index contributed by atoms with van der Waals surface area (Å²) in [7, 11) is 0. The molecule has 1 amide bonds. The van der Waals surface area contributed by atoms with Gasteiger partial charge in [-0.1, -0.05) is 72.4 Å². The van der Waals surface area contributed by atoms with Gasteiger partial charge in [0.2, 0.25) is 11.1 Å². The van der Waals surface area contributed by atoms with Crippen molar-refractivity contribution < 1.29 is 9.53 Å². The lowest BCUT2D eigenvalue weighted by molar-refractivity contribution is -0.140. The van der Waals surface area contributed by atoms with E-state index in [4.69, 9.17) is 9.72 Å². The monoisotopic (exact) mass is 420 g/mol. The maximum absolute atomic E-state index is 12.7. The largest absolute Gasteiger partial charge is 0.372 e. The van der Waals surface area contributed by atoms with Gasteiger partial charge in [-0.2, -0.15) is 0 Å². The maximum Gasteiger partial charge on any atom is 0.233 e. The van der Waals surface area contributed by atoms with E-state index in [1.165, 1.54) is 11.8 Å². The van der Waals surface area contributed by atoms with Crippen LogP contribution in [0.4, 0.5) is 0 Å². The summed E-state index contributed by atoms with van der Waals surface area (Å²) < 4.78 is 5.71. The summed E-state index contributed by atoms with van der Waals surface area (Å²) in [5, 5.41) is 9.25. The first-order chi connectivity index (χ1) is 14.6. The highest BCUT2D eigenvalue weighted by molar-refractivity contribution is 7.99. The van der Waals surface area contributed by atoms with Crippen LogP contribution in [0.15, 0.2) is 65.8 Å². The van der Waals surface area contributed by atoms with E-state index in [1.54, 1.807) is 0 Å². The normalized spacial score (nSPS) is 18.9. The average Bonchev–Trinajstić information content (AvgIpc) is 2.78. The third-order valence-corrected chi connectivity index (χ3v) is 5.68. The molecule has 1 aliphatic heterocycles. The third kappa shape index (κ3) is 4.86. The van der Waals surface area contributed by atoms with E-state index in [0.717, 1.165) is 22.5 Å². The Morgan fingerprint density at radius 1 is 0.933 bits per heavy atom. The summed E-state index contributed by atoms with van der Waals surface area (Å²) in [6.45, 7) is 5.21. The molecule has 3 aromatic rings. The molecule has 1 aliphatic rings. The predicted octanol–water partition coefficient (Wildman–Crippen LogP) is 3.93. The quantitative estimate of drug-likeness (QED) is 0.583. The van der Waals surface area contributed by atoms with Crippen LogP contribution in [0.1, 0.15) is 13.8 Å². The fourth-order valence-corrected chi connectivity index (χ4v) is 4.25. The molecule has 4 rings (SSSR count). The van der Waals surface area contributed by atoms with Gasteiger partial charge >= 0.3 is 0 Å². The Labute approximate surface area is 180 Å². The van der Waals surface area contributed by atoms with Gasteiger partial charge in [-0.05, 0) is 13.8 Å². The highest BCUT2D eigenvalue weighted by Crippen LogP contribution is 2.29. The van der Waals surface area contributed by atoms with E-state index in [9.17, 15) is 4.79 Å². The molecular formula is C23H24N4O2S. The maximum atomic E-state index is 12.7. The van der Waals surface area contributed by atoms with Gasteiger partial charge in [0.25, 0.3) is 0 Å². The van der Waals surface area contributed by atoms with Crippen molar-refractivity contribution in [1.82, 2.24) is 20.1 Å². The molecular weight excluding hydrogens is 396 g/mol. The van der Waals surface area contributed by atoms with Crippen LogP contribution < -0.4 is 0 Å². The minimum Gasteiger partial charge on any atom is -0.372 e. The van der Waals surface area contributed by atoms with Gasteiger partial charge in [-0.15, -0.1) is 10.2 Å². The van der Waals surface area contributed by atoms with Crippen LogP contribution in [-0.2, 0) is 9.53 Å². The van der Waals surface area contributed by atoms with Gasteiger partial charge in [-0.25, -0.2) is 4.98 Å². The van der Waals surface area contributed by atoms with Crippen molar-refractivity contribution >= 4 is 17.7 Å². The SMILES string of the molecule is CC1CN(C(=O)CSc2nnc(-c3ccccc3)c(-c3ccccc3)n2)CC(C)O1. The van der Waals surface area contributed by atoms with Crippen LogP contribution in [0, 0.1) is 0 Å². The molecule has 2 atom stereocenters. The Morgan fingerprint density at radius 3 is 2.10 bits per heavy atom. The molecule has 0 N–H and O–H groups in total. The summed E-state index contributed by atoms with van der Waals surface area (Å²) in [5.41, 5.74) is 3.42. The van der Waals surface area contributed by atoms with Crippen molar-refractivity contribution in [1.29, 1.82) is 0 Å². The summed E-state index contributed by atoms with van der Waals surface area (Å²) >= 11 is 1.32. The highest BCUT2D eigenvalue weighted by atomic mass is 32.2. The van der Waals surface area contributed by atoms with Gasteiger partial charge in [0, 0.05) is 24.2 Å². The van der Waals surface area contributed by atoms with Crippen LogP contribution in [0.2, 0.25) is 0 Å². The number of carbonyl (C=O) groups excluding carboxylic acids is 1. The van der Waals surface area contributed by atoms with Crippen LogP contribution in [0.3, 0.4) is 0 Å². The lowest BCUT2D eigenvalue weighted by atomic mass is 10.0. The number of hydrogen-bond donors (Lipinski definition) is 0. The molecule has 0 bridgehead atoms. The van der Waals surface area contributed by atoms with Crippen molar-refractivity contribution in [2.45, 2.75) is 31.2 Å². The van der Waals surface area contributed by atoms with Gasteiger partial charge < -0.3 is 9.64 Å². The number of ether oxygens (including phenoxy) is 1. The van der Waals surface area contributed by atoms with Crippen LogP contribution in [-0.4, -0.2) is 57.0 Å². The van der Waals surface area contributed by atoms with Gasteiger partial charge in [0.15, 0.2) is 0 Å². The Morgan fingerprint density at radius 2 is 1.50 bits per heavy atom. The van der Waals surface area contributed by atoms with E-state index in [0.29, 0.717) is 18.2 Å². The number of rotatable bonds is 5. The number of aromatic nitrogens is 3. The molecule has 2 aromatic carbocycles. The second-order valence-electron chi connectivity index (χ2n) is 7.37. The molecule has 30 heavy (non-hydrogen) atoms. The zero-order chi connectivity index (χ0) is 20.9. The molecule has 1 fully saturated rings. The topological polar surface area (TPSA) is 68.2 Å². The fourth-order valence-electron chi connectivity index (χ4n) is 3.56. The first kappa shape index (κ1) is 20.5. The second kappa shape index (κ2) is 9.36. The van der Waals surface area contributed by atoms with Gasteiger partial charge in [0.05, 0.1) is 18.0 Å². The number of thioether (sulfide) groups is 1. The molecule has 2 heterocycles. The Balaban J connectivity index is 1.55. The number of benzene rings is 2. The molecule has 0 radical (unpaired) electrons. The van der Waals surface area contributed by atoms with Crippen LogP contribution in [0.25, 0.3) is 22.5 Å². The van der Waals surface area contributed by atoms with Gasteiger partial charge in [-0.3, -0.25) is 4.79 Å².